The Morgan fingerprint density at radius 1 is 1.00 bits per heavy atom. The van der Waals surface area contributed by atoms with Crippen LogP contribution in [0.5, 0.6) is 0 Å². The van der Waals surface area contributed by atoms with Gasteiger partial charge in [0.25, 0.3) is 0 Å². The Morgan fingerprint density at radius 3 is 2.10 bits per heavy atom. The molecule has 0 aromatic rings. The molecule has 2 nitrogen and oxygen atoms in total. The van der Waals surface area contributed by atoms with Crippen molar-refractivity contribution in [2.24, 2.45) is 11.7 Å². The third-order valence-corrected chi connectivity index (χ3v) is 5.49. The van der Waals surface area contributed by atoms with E-state index in [4.69, 9.17) is 5.73 Å². The summed E-state index contributed by atoms with van der Waals surface area (Å²) in [4.78, 5) is 2.59. The van der Waals surface area contributed by atoms with Crippen LogP contribution in [-0.4, -0.2) is 30.6 Å². The molecular weight excluding hydrogens is 244 g/mol. The van der Waals surface area contributed by atoms with Crippen molar-refractivity contribution in [1.29, 1.82) is 0 Å². The van der Waals surface area contributed by atoms with Crippen LogP contribution in [0.15, 0.2) is 0 Å². The van der Waals surface area contributed by atoms with Gasteiger partial charge in [-0.1, -0.05) is 52.4 Å². The summed E-state index contributed by atoms with van der Waals surface area (Å²) >= 11 is 0. The van der Waals surface area contributed by atoms with E-state index < -0.39 is 0 Å². The van der Waals surface area contributed by atoms with E-state index in [1.807, 2.05) is 0 Å². The second kappa shape index (κ2) is 9.78. The molecule has 0 bridgehead atoms. The van der Waals surface area contributed by atoms with Crippen LogP contribution in [0.4, 0.5) is 0 Å². The van der Waals surface area contributed by atoms with E-state index in [1.54, 1.807) is 0 Å². The minimum Gasteiger partial charge on any atom is -0.329 e. The molecule has 0 aliphatic heterocycles. The molecule has 2 N–H and O–H groups in total. The molecule has 0 aromatic carbocycles. The standard InChI is InChI=1S/C18H38N2/c1-4-5-6-7-8-9-10-15-20(3)18(16-19)13-11-17(2)12-14-18/h17H,4-16,19H2,1-3H3. The molecule has 0 unspecified atom stereocenters. The van der Waals surface area contributed by atoms with Gasteiger partial charge in [-0.25, -0.2) is 0 Å². The van der Waals surface area contributed by atoms with Gasteiger partial charge >= 0.3 is 0 Å². The van der Waals surface area contributed by atoms with Gasteiger partial charge in [-0.3, -0.25) is 4.90 Å². The lowest BCUT2D eigenvalue weighted by atomic mass is 9.76. The molecule has 120 valence electrons. The zero-order valence-electron chi connectivity index (χ0n) is 14.3. The van der Waals surface area contributed by atoms with Crippen molar-refractivity contribution in [2.75, 3.05) is 20.1 Å². The Hall–Kier alpha value is -0.0800. The fourth-order valence-electron chi connectivity index (χ4n) is 3.58. The van der Waals surface area contributed by atoms with Crippen LogP contribution < -0.4 is 5.73 Å². The van der Waals surface area contributed by atoms with Gasteiger partial charge in [-0.2, -0.15) is 0 Å². The van der Waals surface area contributed by atoms with Gasteiger partial charge in [0.2, 0.25) is 0 Å². The first-order chi connectivity index (χ1) is 9.64. The molecule has 0 aromatic heterocycles. The lowest BCUT2D eigenvalue weighted by Crippen LogP contribution is -2.54. The molecule has 2 heteroatoms. The minimum absolute atomic E-state index is 0.314. The predicted molar refractivity (Wildman–Crippen MR) is 90.0 cm³/mol. The highest BCUT2D eigenvalue weighted by atomic mass is 15.2. The zero-order valence-corrected chi connectivity index (χ0v) is 14.3. The van der Waals surface area contributed by atoms with Gasteiger partial charge in [0.05, 0.1) is 0 Å². The van der Waals surface area contributed by atoms with Gasteiger partial charge in [0, 0.05) is 12.1 Å². The summed E-state index contributed by atoms with van der Waals surface area (Å²) in [6, 6.07) is 0. The highest BCUT2D eigenvalue weighted by Crippen LogP contribution is 2.35. The van der Waals surface area contributed by atoms with Gasteiger partial charge in [0.1, 0.15) is 0 Å². The molecule has 0 atom stereocenters. The Labute approximate surface area is 127 Å². The van der Waals surface area contributed by atoms with E-state index in [9.17, 15) is 0 Å². The van der Waals surface area contributed by atoms with Gasteiger partial charge in [-0.15, -0.1) is 0 Å². The average Bonchev–Trinajstić information content (AvgIpc) is 2.47. The third-order valence-electron chi connectivity index (χ3n) is 5.49. The predicted octanol–water partition coefficient (Wildman–Crippen LogP) is 4.58. The lowest BCUT2D eigenvalue weighted by Gasteiger charge is -2.45. The number of nitrogens with zero attached hydrogens (tertiary/aromatic N) is 1. The molecular formula is C18H38N2. The molecule has 0 spiro atoms. The molecule has 20 heavy (non-hydrogen) atoms. The van der Waals surface area contributed by atoms with Crippen molar-refractivity contribution < 1.29 is 0 Å². The Kier molecular flexibility index (Phi) is 8.79. The first kappa shape index (κ1) is 18.0. The number of rotatable bonds is 10. The van der Waals surface area contributed by atoms with Crippen LogP contribution in [0.1, 0.15) is 84.5 Å². The van der Waals surface area contributed by atoms with Crippen molar-refractivity contribution in [2.45, 2.75) is 90.0 Å². The maximum absolute atomic E-state index is 6.13. The molecule has 0 heterocycles. The van der Waals surface area contributed by atoms with Gasteiger partial charge < -0.3 is 5.73 Å². The largest absolute Gasteiger partial charge is 0.329 e. The topological polar surface area (TPSA) is 29.3 Å². The van der Waals surface area contributed by atoms with Gasteiger partial charge in [-0.05, 0) is 51.6 Å². The second-order valence-electron chi connectivity index (χ2n) is 7.15. The fourth-order valence-corrected chi connectivity index (χ4v) is 3.58. The summed E-state index contributed by atoms with van der Waals surface area (Å²) in [6.07, 6.45) is 15.1. The number of unbranched alkanes of at least 4 members (excludes halogenated alkanes) is 6. The van der Waals surface area contributed by atoms with Crippen LogP contribution >= 0.6 is 0 Å². The third kappa shape index (κ3) is 5.73. The second-order valence-corrected chi connectivity index (χ2v) is 7.15. The number of hydrogen-bond donors (Lipinski definition) is 1. The van der Waals surface area contributed by atoms with E-state index in [2.05, 4.69) is 25.8 Å². The van der Waals surface area contributed by atoms with Gasteiger partial charge in [0.15, 0.2) is 0 Å². The van der Waals surface area contributed by atoms with Crippen LogP contribution in [0.3, 0.4) is 0 Å². The number of nitrogens with two attached hydrogens (primary N) is 1. The lowest BCUT2D eigenvalue weighted by molar-refractivity contribution is 0.0663. The maximum Gasteiger partial charge on any atom is 0.0328 e. The van der Waals surface area contributed by atoms with E-state index in [0.717, 1.165) is 12.5 Å². The van der Waals surface area contributed by atoms with E-state index >= 15 is 0 Å². The van der Waals surface area contributed by atoms with Crippen LogP contribution in [0.25, 0.3) is 0 Å². The molecule has 1 saturated carbocycles. The van der Waals surface area contributed by atoms with E-state index in [0.29, 0.717) is 5.54 Å². The monoisotopic (exact) mass is 282 g/mol. The normalized spacial score (nSPS) is 27.1. The molecule has 0 saturated heterocycles. The highest BCUT2D eigenvalue weighted by Gasteiger charge is 2.36. The average molecular weight is 283 g/mol. The van der Waals surface area contributed by atoms with Crippen LogP contribution in [0.2, 0.25) is 0 Å². The Bertz CT molecular complexity index is 232. The first-order valence-corrected chi connectivity index (χ1v) is 9.06. The first-order valence-electron chi connectivity index (χ1n) is 9.06. The summed E-state index contributed by atoms with van der Waals surface area (Å²) in [5.74, 6) is 0.904. The molecule has 1 aliphatic carbocycles. The smallest absolute Gasteiger partial charge is 0.0328 e. The van der Waals surface area contributed by atoms with Crippen molar-refractivity contribution in [3.8, 4) is 0 Å². The fraction of sp³-hybridized carbons (Fsp3) is 1.00. The molecule has 1 fully saturated rings. The maximum atomic E-state index is 6.13. The summed E-state index contributed by atoms with van der Waals surface area (Å²) in [5.41, 5.74) is 6.44. The van der Waals surface area contributed by atoms with Crippen LogP contribution in [0, 0.1) is 5.92 Å². The molecule has 1 rings (SSSR count). The van der Waals surface area contributed by atoms with Crippen molar-refractivity contribution in [1.82, 2.24) is 4.90 Å². The molecule has 0 amide bonds. The van der Waals surface area contributed by atoms with E-state index in [-0.39, 0.29) is 0 Å². The molecule has 0 radical (unpaired) electrons. The van der Waals surface area contributed by atoms with Crippen molar-refractivity contribution >= 4 is 0 Å². The Balaban J connectivity index is 2.18. The van der Waals surface area contributed by atoms with E-state index in [1.165, 1.54) is 77.2 Å². The van der Waals surface area contributed by atoms with Crippen molar-refractivity contribution in [3.05, 3.63) is 0 Å². The summed E-state index contributed by atoms with van der Waals surface area (Å²) in [5, 5.41) is 0. The van der Waals surface area contributed by atoms with Crippen LogP contribution in [-0.2, 0) is 0 Å². The zero-order chi connectivity index (χ0) is 14.8. The highest BCUT2D eigenvalue weighted by molar-refractivity contribution is 4.94. The summed E-state index contributed by atoms with van der Waals surface area (Å²) in [6.45, 7) is 6.75. The molecule has 1 aliphatic rings. The number of likely N-dealkylation sites (N-methyl/N-ethyl adjacent to an activating group) is 1. The number of hydrogen-bond acceptors (Lipinski definition) is 2. The minimum atomic E-state index is 0.314. The Morgan fingerprint density at radius 2 is 1.55 bits per heavy atom. The quantitative estimate of drug-likeness (QED) is 0.594. The summed E-state index contributed by atoms with van der Waals surface area (Å²) in [7, 11) is 2.31. The SMILES string of the molecule is CCCCCCCCCN(C)C1(CN)CCC(C)CC1. The summed E-state index contributed by atoms with van der Waals surface area (Å²) < 4.78 is 0. The van der Waals surface area contributed by atoms with Crippen molar-refractivity contribution in [3.63, 3.8) is 0 Å².